The zero-order valence-electron chi connectivity index (χ0n) is 16.6. The third kappa shape index (κ3) is 2.71. The van der Waals surface area contributed by atoms with Gasteiger partial charge >= 0.3 is 0 Å². The minimum atomic E-state index is -0.220. The predicted octanol–water partition coefficient (Wildman–Crippen LogP) is 0.972. The molecular formula is C20H24N6O3. The largest absolute Gasteiger partial charge is 0.361 e. The Hall–Kier alpha value is -2.97. The molecule has 3 aliphatic rings. The van der Waals surface area contributed by atoms with Crippen LogP contribution in [-0.2, 0) is 4.79 Å². The number of aromatic nitrogens is 3. The summed E-state index contributed by atoms with van der Waals surface area (Å²) in [6.07, 6.45) is 5.00. The monoisotopic (exact) mass is 396 g/mol. The average molecular weight is 396 g/mol. The van der Waals surface area contributed by atoms with Crippen LogP contribution in [0.1, 0.15) is 29.1 Å². The molecule has 29 heavy (non-hydrogen) atoms. The molecule has 0 saturated carbocycles. The van der Waals surface area contributed by atoms with Crippen LogP contribution in [0.4, 0.5) is 5.95 Å². The first-order chi connectivity index (χ1) is 14.0. The molecule has 2 aromatic heterocycles. The molecule has 2 amide bonds. The van der Waals surface area contributed by atoms with Gasteiger partial charge in [-0.1, -0.05) is 5.16 Å². The Morgan fingerprint density at radius 1 is 1.21 bits per heavy atom. The van der Waals surface area contributed by atoms with E-state index in [1.54, 1.807) is 31.5 Å². The van der Waals surface area contributed by atoms with E-state index < -0.39 is 0 Å². The Morgan fingerprint density at radius 2 is 1.93 bits per heavy atom. The van der Waals surface area contributed by atoms with Crippen LogP contribution in [0.5, 0.6) is 0 Å². The lowest BCUT2D eigenvalue weighted by atomic mass is 9.75. The number of carbonyl (C=O) groups excluding carboxylic acids is 2. The minimum Gasteiger partial charge on any atom is -0.361 e. The van der Waals surface area contributed by atoms with Crippen LogP contribution in [0.25, 0.3) is 0 Å². The quantitative estimate of drug-likeness (QED) is 0.746. The third-order valence-corrected chi connectivity index (χ3v) is 6.92. The Morgan fingerprint density at radius 3 is 2.59 bits per heavy atom. The molecule has 5 rings (SSSR count). The Balaban J connectivity index is 1.34. The molecule has 0 aromatic carbocycles. The summed E-state index contributed by atoms with van der Waals surface area (Å²) in [5, 5.41) is 3.85. The van der Waals surface area contributed by atoms with E-state index in [1.165, 1.54) is 0 Å². The van der Waals surface area contributed by atoms with Crippen LogP contribution in [-0.4, -0.2) is 75.5 Å². The minimum absolute atomic E-state index is 0.0377. The molecule has 3 aliphatic heterocycles. The second-order valence-electron chi connectivity index (χ2n) is 8.28. The lowest BCUT2D eigenvalue weighted by molar-refractivity contribution is -0.133. The van der Waals surface area contributed by atoms with Crippen molar-refractivity contribution in [1.82, 2.24) is 24.9 Å². The van der Waals surface area contributed by atoms with Gasteiger partial charge in [0.15, 0.2) is 5.69 Å². The predicted molar refractivity (Wildman–Crippen MR) is 103 cm³/mol. The number of rotatable bonds is 2. The van der Waals surface area contributed by atoms with E-state index in [4.69, 9.17) is 4.52 Å². The maximum absolute atomic E-state index is 13.0. The number of aryl methyl sites for hydroxylation is 1. The van der Waals surface area contributed by atoms with Crippen LogP contribution in [0.3, 0.4) is 0 Å². The van der Waals surface area contributed by atoms with Crippen molar-refractivity contribution < 1.29 is 14.1 Å². The topological polar surface area (TPSA) is 95.7 Å². The van der Waals surface area contributed by atoms with Gasteiger partial charge in [0.2, 0.25) is 11.9 Å². The van der Waals surface area contributed by atoms with Gasteiger partial charge in [-0.25, -0.2) is 9.97 Å². The summed E-state index contributed by atoms with van der Waals surface area (Å²) in [6, 6.07) is 3.46. The normalized spacial score (nSPS) is 25.7. The fraction of sp³-hybridized carbons (Fsp3) is 0.550. The summed E-state index contributed by atoms with van der Waals surface area (Å²) >= 11 is 0. The van der Waals surface area contributed by atoms with Gasteiger partial charge in [-0.15, -0.1) is 0 Å². The SMILES string of the molecule is Cc1cc(C(=O)N2CCC3(CC2)[C@H]2CN(c4ncccn4)C[C@H]2C(=O)N3C)no1. The molecule has 3 fully saturated rings. The molecule has 2 atom stereocenters. The van der Waals surface area contributed by atoms with Gasteiger partial charge in [-0.3, -0.25) is 9.59 Å². The summed E-state index contributed by atoms with van der Waals surface area (Å²) in [5.41, 5.74) is 0.127. The van der Waals surface area contributed by atoms with E-state index in [1.807, 2.05) is 16.8 Å². The van der Waals surface area contributed by atoms with Crippen LogP contribution < -0.4 is 4.90 Å². The maximum Gasteiger partial charge on any atom is 0.276 e. The van der Waals surface area contributed by atoms with Crippen LogP contribution in [0, 0.1) is 18.8 Å². The van der Waals surface area contributed by atoms with E-state index >= 15 is 0 Å². The first kappa shape index (κ1) is 18.1. The number of hydrogen-bond donors (Lipinski definition) is 0. The summed E-state index contributed by atoms with van der Waals surface area (Å²) in [7, 11) is 1.92. The lowest BCUT2D eigenvalue weighted by Crippen LogP contribution is -2.56. The first-order valence-corrected chi connectivity index (χ1v) is 10.0. The fourth-order valence-electron chi connectivity index (χ4n) is 5.37. The number of likely N-dealkylation sites (tertiary alicyclic amines) is 2. The van der Waals surface area contributed by atoms with Crippen molar-refractivity contribution in [3.63, 3.8) is 0 Å². The fourth-order valence-corrected chi connectivity index (χ4v) is 5.37. The Kier molecular flexibility index (Phi) is 4.07. The van der Waals surface area contributed by atoms with Gasteiger partial charge in [-0.05, 0) is 25.8 Å². The van der Waals surface area contributed by atoms with Gasteiger partial charge in [-0.2, -0.15) is 0 Å². The Labute approximate surface area is 168 Å². The smallest absolute Gasteiger partial charge is 0.276 e. The molecule has 0 radical (unpaired) electrons. The zero-order valence-corrected chi connectivity index (χ0v) is 16.6. The van der Waals surface area contributed by atoms with Gasteiger partial charge < -0.3 is 19.2 Å². The molecule has 3 saturated heterocycles. The molecule has 1 spiro atoms. The molecular weight excluding hydrogens is 372 g/mol. The van der Waals surface area contributed by atoms with E-state index in [-0.39, 0.29) is 29.2 Å². The van der Waals surface area contributed by atoms with Crippen molar-refractivity contribution in [1.29, 1.82) is 0 Å². The zero-order chi connectivity index (χ0) is 20.2. The Bertz CT molecular complexity index is 937. The molecule has 152 valence electrons. The van der Waals surface area contributed by atoms with Crippen molar-refractivity contribution in [2.75, 3.05) is 38.1 Å². The summed E-state index contributed by atoms with van der Waals surface area (Å²) in [6.45, 7) is 4.40. The second kappa shape index (κ2) is 6.53. The first-order valence-electron chi connectivity index (χ1n) is 10.0. The highest BCUT2D eigenvalue weighted by Crippen LogP contribution is 2.49. The number of piperidine rings is 1. The molecule has 0 aliphatic carbocycles. The highest BCUT2D eigenvalue weighted by molar-refractivity contribution is 5.92. The highest BCUT2D eigenvalue weighted by Gasteiger charge is 2.61. The summed E-state index contributed by atoms with van der Waals surface area (Å²) < 4.78 is 5.04. The van der Waals surface area contributed by atoms with Gasteiger partial charge in [0, 0.05) is 57.6 Å². The van der Waals surface area contributed by atoms with Gasteiger partial charge in [0.05, 0.1) is 11.5 Å². The number of hydrogen-bond acceptors (Lipinski definition) is 7. The average Bonchev–Trinajstić information content (AvgIpc) is 3.43. The molecule has 0 N–H and O–H groups in total. The molecule has 0 bridgehead atoms. The number of carbonyl (C=O) groups is 2. The summed E-state index contributed by atoms with van der Waals surface area (Å²) in [5.74, 6) is 1.58. The van der Waals surface area contributed by atoms with E-state index in [9.17, 15) is 9.59 Å². The van der Waals surface area contributed by atoms with Crippen molar-refractivity contribution in [2.24, 2.45) is 11.8 Å². The molecule has 0 unspecified atom stereocenters. The highest BCUT2D eigenvalue weighted by atomic mass is 16.5. The van der Waals surface area contributed by atoms with E-state index in [0.29, 0.717) is 37.0 Å². The number of nitrogens with zero attached hydrogens (tertiary/aromatic N) is 6. The van der Waals surface area contributed by atoms with E-state index in [2.05, 4.69) is 20.0 Å². The van der Waals surface area contributed by atoms with Crippen LogP contribution in [0.2, 0.25) is 0 Å². The third-order valence-electron chi connectivity index (χ3n) is 6.92. The van der Waals surface area contributed by atoms with Crippen LogP contribution in [0.15, 0.2) is 29.0 Å². The lowest BCUT2D eigenvalue weighted by Gasteiger charge is -2.46. The van der Waals surface area contributed by atoms with Crippen molar-refractivity contribution in [3.8, 4) is 0 Å². The molecule has 5 heterocycles. The number of amides is 2. The standard InChI is InChI=1S/C20H24N6O3/c1-13-10-16(23-29-13)18(28)25-8-4-20(5-9-25)15-12-26(19-21-6-3-7-22-19)11-14(15)17(27)24(20)2/h3,6-7,10,14-15H,4-5,8-9,11-12H2,1-2H3/t14-,15+/m1/s1. The van der Waals surface area contributed by atoms with Gasteiger partial charge in [0.1, 0.15) is 5.76 Å². The van der Waals surface area contributed by atoms with Crippen molar-refractivity contribution in [3.05, 3.63) is 36.0 Å². The summed E-state index contributed by atoms with van der Waals surface area (Å²) in [4.78, 5) is 40.4. The second-order valence-corrected chi connectivity index (χ2v) is 8.28. The van der Waals surface area contributed by atoms with Gasteiger partial charge in [0.25, 0.3) is 5.91 Å². The van der Waals surface area contributed by atoms with Crippen molar-refractivity contribution >= 4 is 17.8 Å². The molecule has 9 nitrogen and oxygen atoms in total. The molecule has 2 aromatic rings. The van der Waals surface area contributed by atoms with E-state index in [0.717, 1.165) is 19.4 Å². The maximum atomic E-state index is 13.0. The van der Waals surface area contributed by atoms with Crippen LogP contribution >= 0.6 is 0 Å². The number of fused-ring (bicyclic) bond motifs is 2. The molecule has 9 heteroatoms. The van der Waals surface area contributed by atoms with Crippen molar-refractivity contribution in [2.45, 2.75) is 25.3 Å². The number of anilines is 1.